The number of nitrogens with one attached hydrogen (secondary N) is 1. The van der Waals surface area contributed by atoms with Crippen LogP contribution >= 0.6 is 11.6 Å². The first-order valence-electron chi connectivity index (χ1n) is 14.8. The highest BCUT2D eigenvalue weighted by molar-refractivity contribution is 6.33. The molecule has 0 unspecified atom stereocenters. The molecule has 216 valence electrons. The zero-order valence-electron chi connectivity index (χ0n) is 24.2. The number of carbonyl (C=O) groups excluding carboxylic acids is 1. The van der Waals surface area contributed by atoms with Gasteiger partial charge in [-0.1, -0.05) is 29.8 Å². The van der Waals surface area contributed by atoms with Crippen molar-refractivity contribution in [2.75, 3.05) is 0 Å². The Balaban J connectivity index is 1.15. The van der Waals surface area contributed by atoms with Crippen LogP contribution in [0.25, 0.3) is 38.9 Å². The van der Waals surface area contributed by atoms with E-state index < -0.39 is 5.60 Å². The van der Waals surface area contributed by atoms with Crippen molar-refractivity contribution in [1.29, 1.82) is 0 Å². The number of pyridine rings is 2. The van der Waals surface area contributed by atoms with Crippen LogP contribution in [-0.4, -0.2) is 41.9 Å². The van der Waals surface area contributed by atoms with Crippen molar-refractivity contribution in [1.82, 2.24) is 29.5 Å². The maximum Gasteiger partial charge on any atom is 0.407 e. The number of fused-ring (bicyclic) bond motifs is 3. The first-order chi connectivity index (χ1) is 20.2. The van der Waals surface area contributed by atoms with Crippen LogP contribution in [0, 0.1) is 0 Å². The molecule has 0 aliphatic heterocycles. The highest BCUT2D eigenvalue weighted by Crippen LogP contribution is 2.46. The smallest absolute Gasteiger partial charge is 0.407 e. The average molecular weight is 583 g/mol. The largest absolute Gasteiger partial charge is 0.444 e. The molecule has 2 fully saturated rings. The molecule has 4 heterocycles. The molecule has 8 nitrogen and oxygen atoms in total. The van der Waals surface area contributed by atoms with Gasteiger partial charge in [0.2, 0.25) is 0 Å². The summed E-state index contributed by atoms with van der Waals surface area (Å²) in [6.07, 6.45) is 13.7. The SMILES string of the molecule is CC(C)(C)OC(=O)NC1CCC(n2cc(-c3cnc4ccn5c(C6CC6)c(-c6ccccc6Cl)nc5c4c3)cn2)CC1. The van der Waals surface area contributed by atoms with E-state index in [4.69, 9.17) is 31.4 Å². The fourth-order valence-electron chi connectivity index (χ4n) is 6.12. The van der Waals surface area contributed by atoms with Crippen molar-refractivity contribution in [3.8, 4) is 22.4 Å². The number of imidazole rings is 1. The fraction of sp³-hybridized carbons (Fsp3) is 0.394. The van der Waals surface area contributed by atoms with E-state index in [1.807, 2.05) is 51.4 Å². The zero-order valence-corrected chi connectivity index (χ0v) is 24.9. The van der Waals surface area contributed by atoms with E-state index in [1.165, 1.54) is 18.5 Å². The zero-order chi connectivity index (χ0) is 29.0. The third-order valence-corrected chi connectivity index (χ3v) is 8.64. The van der Waals surface area contributed by atoms with Gasteiger partial charge in [0.05, 0.1) is 34.2 Å². The van der Waals surface area contributed by atoms with Crippen LogP contribution in [0.4, 0.5) is 4.79 Å². The topological polar surface area (TPSA) is 86.3 Å². The van der Waals surface area contributed by atoms with Gasteiger partial charge in [0.25, 0.3) is 0 Å². The number of rotatable bonds is 5. The van der Waals surface area contributed by atoms with Crippen LogP contribution in [-0.2, 0) is 4.74 Å². The molecule has 5 aromatic rings. The first-order valence-corrected chi connectivity index (χ1v) is 15.2. The van der Waals surface area contributed by atoms with Gasteiger partial charge in [-0.25, -0.2) is 9.78 Å². The van der Waals surface area contributed by atoms with Gasteiger partial charge in [-0.05, 0) is 77.5 Å². The van der Waals surface area contributed by atoms with E-state index in [1.54, 1.807) is 0 Å². The van der Waals surface area contributed by atoms with E-state index in [0.29, 0.717) is 17.0 Å². The number of nitrogens with zero attached hydrogens (tertiary/aromatic N) is 5. The maximum atomic E-state index is 12.2. The number of ether oxygens (including phenoxy) is 1. The van der Waals surface area contributed by atoms with Crippen molar-refractivity contribution in [3.05, 3.63) is 71.9 Å². The van der Waals surface area contributed by atoms with Gasteiger partial charge in [-0.2, -0.15) is 5.10 Å². The Hall–Kier alpha value is -3.91. The minimum atomic E-state index is -0.495. The van der Waals surface area contributed by atoms with E-state index in [2.05, 4.69) is 45.0 Å². The summed E-state index contributed by atoms with van der Waals surface area (Å²) in [5.74, 6) is 0.493. The van der Waals surface area contributed by atoms with Crippen LogP contribution in [0.1, 0.15) is 76.9 Å². The molecule has 0 spiro atoms. The minimum absolute atomic E-state index is 0.129. The van der Waals surface area contributed by atoms with E-state index in [-0.39, 0.29) is 12.1 Å². The van der Waals surface area contributed by atoms with Crippen molar-refractivity contribution in [3.63, 3.8) is 0 Å². The quantitative estimate of drug-likeness (QED) is 0.227. The predicted octanol–water partition coefficient (Wildman–Crippen LogP) is 7.95. The molecule has 1 aromatic carbocycles. The second-order valence-electron chi connectivity index (χ2n) is 12.6. The summed E-state index contributed by atoms with van der Waals surface area (Å²) in [6, 6.07) is 12.6. The Morgan fingerprint density at radius 1 is 1.02 bits per heavy atom. The van der Waals surface area contributed by atoms with Crippen LogP contribution in [0.2, 0.25) is 5.02 Å². The Morgan fingerprint density at radius 3 is 2.55 bits per heavy atom. The van der Waals surface area contributed by atoms with Crippen molar-refractivity contribution < 1.29 is 9.53 Å². The summed E-state index contributed by atoms with van der Waals surface area (Å²) in [7, 11) is 0. The van der Waals surface area contributed by atoms with Gasteiger partial charge in [0, 0.05) is 52.6 Å². The first kappa shape index (κ1) is 27.0. The number of halogens is 1. The third-order valence-electron chi connectivity index (χ3n) is 8.31. The van der Waals surface area contributed by atoms with Gasteiger partial charge in [-0.15, -0.1) is 0 Å². The van der Waals surface area contributed by atoms with Crippen LogP contribution in [0.3, 0.4) is 0 Å². The molecule has 0 atom stereocenters. The fourth-order valence-corrected chi connectivity index (χ4v) is 6.35. The van der Waals surface area contributed by atoms with E-state index in [9.17, 15) is 4.79 Å². The molecule has 2 saturated carbocycles. The van der Waals surface area contributed by atoms with Crippen molar-refractivity contribution in [2.24, 2.45) is 0 Å². The molecule has 2 aliphatic rings. The Morgan fingerprint density at radius 2 is 1.81 bits per heavy atom. The van der Waals surface area contributed by atoms with Crippen LogP contribution < -0.4 is 5.32 Å². The highest BCUT2D eigenvalue weighted by atomic mass is 35.5. The molecule has 0 saturated heterocycles. The molecule has 42 heavy (non-hydrogen) atoms. The third kappa shape index (κ3) is 5.24. The van der Waals surface area contributed by atoms with Gasteiger partial charge in [-0.3, -0.25) is 9.67 Å². The van der Waals surface area contributed by atoms with E-state index >= 15 is 0 Å². The average Bonchev–Trinajstić information content (AvgIpc) is 3.53. The van der Waals surface area contributed by atoms with Gasteiger partial charge in [0.15, 0.2) is 0 Å². The summed E-state index contributed by atoms with van der Waals surface area (Å²) in [6.45, 7) is 5.64. The summed E-state index contributed by atoms with van der Waals surface area (Å²) in [5.41, 5.74) is 6.53. The maximum absolute atomic E-state index is 12.2. The second kappa shape index (κ2) is 10.4. The molecule has 7 rings (SSSR count). The van der Waals surface area contributed by atoms with Gasteiger partial charge < -0.3 is 14.5 Å². The number of alkyl carbamates (subject to hydrolysis) is 1. The number of amides is 1. The minimum Gasteiger partial charge on any atom is -0.444 e. The number of carbonyl (C=O) groups is 1. The van der Waals surface area contributed by atoms with Gasteiger partial charge >= 0.3 is 6.09 Å². The standard InChI is InChI=1S/C33H35ClN6O2/c1-33(2,3)42-32(41)37-23-10-12-24(13-11-23)40-19-22(18-36-40)21-16-26-28(35-17-21)14-15-39-30(20-8-9-20)29(38-31(26)39)25-6-4-5-7-27(25)34/h4-7,14-20,23-24H,8-13H2,1-3H3,(H,37,41). The highest BCUT2D eigenvalue weighted by Gasteiger charge is 2.32. The van der Waals surface area contributed by atoms with Gasteiger partial charge in [0.1, 0.15) is 11.2 Å². The molecule has 1 amide bonds. The van der Waals surface area contributed by atoms with Crippen molar-refractivity contribution in [2.45, 2.75) is 82.9 Å². The van der Waals surface area contributed by atoms with Crippen LogP contribution in [0.5, 0.6) is 0 Å². The Labute approximate surface area is 250 Å². The monoisotopic (exact) mass is 582 g/mol. The molecule has 0 bridgehead atoms. The molecular weight excluding hydrogens is 548 g/mol. The predicted molar refractivity (Wildman–Crippen MR) is 165 cm³/mol. The summed E-state index contributed by atoms with van der Waals surface area (Å²) in [4.78, 5) is 22.2. The molecule has 1 N–H and O–H groups in total. The summed E-state index contributed by atoms with van der Waals surface area (Å²) >= 11 is 6.63. The number of hydrogen-bond donors (Lipinski definition) is 1. The lowest BCUT2D eigenvalue weighted by molar-refractivity contribution is 0.0487. The number of hydrogen-bond acceptors (Lipinski definition) is 5. The molecule has 9 heteroatoms. The lowest BCUT2D eigenvalue weighted by Gasteiger charge is -2.30. The molecular formula is C33H35ClN6O2. The van der Waals surface area contributed by atoms with E-state index in [0.717, 1.165) is 64.6 Å². The summed E-state index contributed by atoms with van der Waals surface area (Å²) in [5, 5.41) is 9.49. The van der Waals surface area contributed by atoms with Crippen LogP contribution in [0.15, 0.2) is 61.2 Å². The second-order valence-corrected chi connectivity index (χ2v) is 13.0. The Bertz CT molecular complexity index is 1790. The molecule has 2 aliphatic carbocycles. The summed E-state index contributed by atoms with van der Waals surface area (Å²) < 4.78 is 9.73. The molecule has 4 aromatic heterocycles. The lowest BCUT2D eigenvalue weighted by Crippen LogP contribution is -2.41. The number of benzene rings is 1. The Kier molecular flexibility index (Phi) is 6.69. The van der Waals surface area contributed by atoms with Crippen molar-refractivity contribution >= 4 is 34.2 Å². The molecule has 0 radical (unpaired) electrons. The lowest BCUT2D eigenvalue weighted by atomic mass is 9.91. The number of aromatic nitrogens is 5. The normalized spacial score (nSPS) is 19.3.